The number of hydrogen-bond donors (Lipinski definition) is 2. The lowest BCUT2D eigenvalue weighted by atomic mass is 10.1. The Morgan fingerprint density at radius 2 is 2.14 bits per heavy atom. The molecule has 0 spiro atoms. The summed E-state index contributed by atoms with van der Waals surface area (Å²) in [6.07, 6.45) is 1.04. The van der Waals surface area contributed by atoms with Gasteiger partial charge in [-0.1, -0.05) is 0 Å². The van der Waals surface area contributed by atoms with Crippen LogP contribution < -0.4 is 5.32 Å². The highest BCUT2D eigenvalue weighted by Gasteiger charge is 2.22. The van der Waals surface area contributed by atoms with Crippen molar-refractivity contribution in [3.63, 3.8) is 0 Å². The Hall–Kier alpha value is -1.95. The molecule has 0 unspecified atom stereocenters. The van der Waals surface area contributed by atoms with Crippen LogP contribution in [0.5, 0.6) is 0 Å². The van der Waals surface area contributed by atoms with Crippen molar-refractivity contribution in [2.24, 2.45) is 5.92 Å². The van der Waals surface area contributed by atoms with Crippen molar-refractivity contribution in [3.8, 4) is 0 Å². The second kappa shape index (κ2) is 5.68. The molecule has 1 fully saturated rings. The Kier molecular flexibility index (Phi) is 3.87. The zero-order valence-electron chi connectivity index (χ0n) is 12.7. The molecule has 1 aromatic carbocycles. The minimum absolute atomic E-state index is 0.0439. The van der Waals surface area contributed by atoms with Gasteiger partial charge in [0, 0.05) is 19.0 Å². The number of halogens is 2. The number of rotatable bonds is 3. The first-order valence-electron chi connectivity index (χ1n) is 7.41. The number of aromatic nitrogens is 1. The quantitative estimate of drug-likeness (QED) is 0.915. The number of carbonyl (C=O) groups excluding carboxylic acids is 1. The van der Waals surface area contributed by atoms with Crippen molar-refractivity contribution in [3.05, 3.63) is 35.0 Å². The fourth-order valence-electron chi connectivity index (χ4n) is 3.01. The third-order valence-corrected chi connectivity index (χ3v) is 4.25. The summed E-state index contributed by atoms with van der Waals surface area (Å²) < 4.78 is 27.5. The van der Waals surface area contributed by atoms with Crippen LogP contribution in [0.1, 0.15) is 22.5 Å². The van der Waals surface area contributed by atoms with Gasteiger partial charge >= 0.3 is 0 Å². The second-order valence-corrected chi connectivity index (χ2v) is 6.01. The van der Waals surface area contributed by atoms with Crippen LogP contribution in [0.4, 0.5) is 8.78 Å². The van der Waals surface area contributed by atoms with E-state index < -0.39 is 11.6 Å². The first-order chi connectivity index (χ1) is 10.5. The van der Waals surface area contributed by atoms with E-state index in [2.05, 4.69) is 10.3 Å². The second-order valence-electron chi connectivity index (χ2n) is 6.01. The molecule has 0 saturated carbocycles. The third-order valence-electron chi connectivity index (χ3n) is 4.25. The maximum absolute atomic E-state index is 13.9. The number of H-pyrrole nitrogens is 1. The van der Waals surface area contributed by atoms with Gasteiger partial charge in [-0.25, -0.2) is 8.78 Å². The smallest absolute Gasteiger partial charge is 0.270 e. The van der Waals surface area contributed by atoms with Crippen LogP contribution in [0.15, 0.2) is 12.1 Å². The normalized spacial score (nSPS) is 18.1. The number of aromatic amines is 1. The molecule has 1 atom stereocenters. The summed E-state index contributed by atoms with van der Waals surface area (Å²) in [5.41, 5.74) is 0.558. The summed E-state index contributed by atoms with van der Waals surface area (Å²) in [6, 6.07) is 3.12. The van der Waals surface area contributed by atoms with Gasteiger partial charge in [0.25, 0.3) is 5.91 Å². The molecule has 6 heteroatoms. The average molecular weight is 307 g/mol. The summed E-state index contributed by atoms with van der Waals surface area (Å²) in [6.45, 7) is 4.04. The minimum atomic E-state index is -0.934. The lowest BCUT2D eigenvalue weighted by molar-refractivity contribution is 0.0771. The Morgan fingerprint density at radius 1 is 1.36 bits per heavy atom. The molecule has 3 rings (SSSR count). The van der Waals surface area contributed by atoms with Gasteiger partial charge in [0.15, 0.2) is 11.6 Å². The van der Waals surface area contributed by atoms with Crippen LogP contribution in [0.2, 0.25) is 0 Å². The van der Waals surface area contributed by atoms with Crippen molar-refractivity contribution in [1.29, 1.82) is 0 Å². The number of amides is 1. The molecule has 1 amide bonds. The number of hydrogen-bond acceptors (Lipinski definition) is 2. The molecule has 22 heavy (non-hydrogen) atoms. The fraction of sp³-hybridized carbons (Fsp3) is 0.438. The molecular formula is C16H19F2N3O. The highest BCUT2D eigenvalue weighted by atomic mass is 19.2. The third kappa shape index (κ3) is 2.59. The first kappa shape index (κ1) is 15.0. The van der Waals surface area contributed by atoms with Gasteiger partial charge in [0.2, 0.25) is 0 Å². The molecule has 1 aliphatic heterocycles. The van der Waals surface area contributed by atoms with E-state index in [-0.39, 0.29) is 22.7 Å². The van der Waals surface area contributed by atoms with Crippen molar-refractivity contribution in [2.75, 3.05) is 26.7 Å². The predicted octanol–water partition coefficient (Wildman–Crippen LogP) is 2.44. The molecule has 1 aromatic heterocycles. The SMILES string of the molecule is Cc1cc2cc(C(=O)N(C)C[C@@H]3CCNC3)[nH]c2c(F)c1F. The van der Waals surface area contributed by atoms with E-state index in [0.29, 0.717) is 17.8 Å². The number of nitrogens with one attached hydrogen (secondary N) is 2. The van der Waals surface area contributed by atoms with E-state index in [1.165, 1.54) is 6.92 Å². The van der Waals surface area contributed by atoms with Crippen molar-refractivity contribution < 1.29 is 13.6 Å². The average Bonchev–Trinajstić information content (AvgIpc) is 3.13. The lowest BCUT2D eigenvalue weighted by Crippen LogP contribution is -2.32. The summed E-state index contributed by atoms with van der Waals surface area (Å²) in [4.78, 5) is 16.8. The van der Waals surface area contributed by atoms with Crippen LogP contribution in [-0.2, 0) is 0 Å². The number of carbonyl (C=O) groups is 1. The van der Waals surface area contributed by atoms with E-state index in [1.54, 1.807) is 24.1 Å². The molecule has 2 N–H and O–H groups in total. The van der Waals surface area contributed by atoms with Crippen LogP contribution in [0.3, 0.4) is 0 Å². The van der Waals surface area contributed by atoms with E-state index >= 15 is 0 Å². The fourth-order valence-corrected chi connectivity index (χ4v) is 3.01. The Labute approximate surface area is 127 Å². The Bertz CT molecular complexity index is 720. The largest absolute Gasteiger partial charge is 0.348 e. The molecule has 0 aliphatic carbocycles. The molecule has 2 heterocycles. The number of aryl methyl sites for hydroxylation is 1. The Morgan fingerprint density at radius 3 is 2.82 bits per heavy atom. The van der Waals surface area contributed by atoms with Gasteiger partial charge < -0.3 is 15.2 Å². The molecule has 0 radical (unpaired) electrons. The molecule has 118 valence electrons. The summed E-state index contributed by atoms with van der Waals surface area (Å²) in [5, 5.41) is 3.77. The minimum Gasteiger partial charge on any atom is -0.348 e. The van der Waals surface area contributed by atoms with Gasteiger partial charge in [-0.05, 0) is 50.0 Å². The predicted molar refractivity (Wildman–Crippen MR) is 80.9 cm³/mol. The van der Waals surface area contributed by atoms with Crippen LogP contribution in [0, 0.1) is 24.5 Å². The lowest BCUT2D eigenvalue weighted by Gasteiger charge is -2.20. The number of benzene rings is 1. The van der Waals surface area contributed by atoms with E-state index in [0.717, 1.165) is 19.5 Å². The summed E-state index contributed by atoms with van der Waals surface area (Å²) in [5.74, 6) is -1.58. The standard InChI is InChI=1S/C16H19F2N3O/c1-9-5-11-6-12(20-15(11)14(18)13(9)17)16(22)21(2)8-10-3-4-19-7-10/h5-6,10,19-20H,3-4,7-8H2,1-2H3/t10-/m1/s1. The van der Waals surface area contributed by atoms with Gasteiger partial charge in [-0.3, -0.25) is 4.79 Å². The van der Waals surface area contributed by atoms with Gasteiger partial charge in [0.05, 0.1) is 5.52 Å². The first-order valence-corrected chi connectivity index (χ1v) is 7.41. The van der Waals surface area contributed by atoms with Crippen LogP contribution in [0.25, 0.3) is 10.9 Å². The molecule has 1 aliphatic rings. The van der Waals surface area contributed by atoms with Gasteiger partial charge in [0.1, 0.15) is 5.69 Å². The van der Waals surface area contributed by atoms with E-state index in [1.807, 2.05) is 0 Å². The van der Waals surface area contributed by atoms with Gasteiger partial charge in [-0.15, -0.1) is 0 Å². The van der Waals surface area contributed by atoms with Crippen molar-refractivity contribution in [2.45, 2.75) is 13.3 Å². The highest BCUT2D eigenvalue weighted by Crippen LogP contribution is 2.24. The van der Waals surface area contributed by atoms with E-state index in [4.69, 9.17) is 0 Å². The highest BCUT2D eigenvalue weighted by molar-refractivity contribution is 5.98. The molecule has 4 nitrogen and oxygen atoms in total. The van der Waals surface area contributed by atoms with Crippen LogP contribution >= 0.6 is 0 Å². The molecule has 1 saturated heterocycles. The zero-order chi connectivity index (χ0) is 15.9. The monoisotopic (exact) mass is 307 g/mol. The molecule has 2 aromatic rings. The van der Waals surface area contributed by atoms with Crippen LogP contribution in [-0.4, -0.2) is 42.5 Å². The van der Waals surface area contributed by atoms with Gasteiger partial charge in [-0.2, -0.15) is 0 Å². The van der Waals surface area contributed by atoms with Crippen molar-refractivity contribution >= 4 is 16.8 Å². The Balaban J connectivity index is 1.86. The molecule has 0 bridgehead atoms. The zero-order valence-corrected chi connectivity index (χ0v) is 12.7. The molecular weight excluding hydrogens is 288 g/mol. The summed E-state index contributed by atoms with van der Waals surface area (Å²) in [7, 11) is 1.73. The number of fused-ring (bicyclic) bond motifs is 1. The topological polar surface area (TPSA) is 48.1 Å². The summed E-state index contributed by atoms with van der Waals surface area (Å²) >= 11 is 0. The van der Waals surface area contributed by atoms with E-state index in [9.17, 15) is 13.6 Å². The van der Waals surface area contributed by atoms with Crippen molar-refractivity contribution in [1.82, 2.24) is 15.2 Å². The number of nitrogens with zero attached hydrogens (tertiary/aromatic N) is 1. The maximum Gasteiger partial charge on any atom is 0.270 e. The maximum atomic E-state index is 13.9.